The first kappa shape index (κ1) is 11.5. The molecule has 15 heavy (non-hydrogen) atoms. The van der Waals surface area contributed by atoms with Crippen LogP contribution >= 0.6 is 11.8 Å². The van der Waals surface area contributed by atoms with Gasteiger partial charge in [-0.2, -0.15) is 11.8 Å². The standard InChI is InChI=1S/C13H22OS/c14-13(11-6-2-1-3-7-11)10-12-8-4-5-9-15-12/h11-12H,1-10H2. The van der Waals surface area contributed by atoms with E-state index in [9.17, 15) is 4.79 Å². The minimum atomic E-state index is 0.432. The van der Waals surface area contributed by atoms with Gasteiger partial charge >= 0.3 is 0 Å². The van der Waals surface area contributed by atoms with Gasteiger partial charge < -0.3 is 0 Å². The van der Waals surface area contributed by atoms with Crippen molar-refractivity contribution in [3.05, 3.63) is 0 Å². The lowest BCUT2D eigenvalue weighted by atomic mass is 9.84. The van der Waals surface area contributed by atoms with E-state index >= 15 is 0 Å². The molecule has 1 saturated carbocycles. The summed E-state index contributed by atoms with van der Waals surface area (Å²) in [6.45, 7) is 0. The van der Waals surface area contributed by atoms with Crippen LogP contribution in [0.3, 0.4) is 0 Å². The van der Waals surface area contributed by atoms with Crippen molar-refractivity contribution >= 4 is 17.5 Å². The summed E-state index contributed by atoms with van der Waals surface area (Å²) < 4.78 is 0. The van der Waals surface area contributed by atoms with Crippen molar-refractivity contribution in [2.24, 2.45) is 5.92 Å². The largest absolute Gasteiger partial charge is 0.299 e. The molecule has 0 aromatic carbocycles. The van der Waals surface area contributed by atoms with Crippen LogP contribution in [0.2, 0.25) is 0 Å². The number of carbonyl (C=O) groups excluding carboxylic acids is 1. The third-order valence-corrected chi connectivity index (χ3v) is 5.16. The monoisotopic (exact) mass is 226 g/mol. The van der Waals surface area contributed by atoms with Crippen LogP contribution in [0, 0.1) is 5.92 Å². The van der Waals surface area contributed by atoms with Crippen molar-refractivity contribution < 1.29 is 4.79 Å². The Bertz CT molecular complexity index is 203. The number of carbonyl (C=O) groups is 1. The molecule has 0 aromatic rings. The molecule has 1 saturated heterocycles. The Morgan fingerprint density at radius 2 is 1.73 bits per heavy atom. The van der Waals surface area contributed by atoms with E-state index in [4.69, 9.17) is 0 Å². The Balaban J connectivity index is 1.74. The van der Waals surface area contributed by atoms with E-state index in [2.05, 4.69) is 0 Å². The normalized spacial score (nSPS) is 28.9. The molecule has 0 radical (unpaired) electrons. The molecular weight excluding hydrogens is 204 g/mol. The van der Waals surface area contributed by atoms with Gasteiger partial charge in [0.15, 0.2) is 0 Å². The van der Waals surface area contributed by atoms with E-state index in [0.717, 1.165) is 6.42 Å². The van der Waals surface area contributed by atoms with Crippen LogP contribution in [0.15, 0.2) is 0 Å². The van der Waals surface area contributed by atoms with Crippen LogP contribution in [-0.4, -0.2) is 16.8 Å². The highest BCUT2D eigenvalue weighted by molar-refractivity contribution is 7.99. The molecule has 0 amide bonds. The Kier molecular flexibility index (Phi) is 4.55. The molecule has 1 nitrogen and oxygen atoms in total. The van der Waals surface area contributed by atoms with E-state index < -0.39 is 0 Å². The molecule has 1 atom stereocenters. The van der Waals surface area contributed by atoms with E-state index in [1.165, 1.54) is 57.1 Å². The molecule has 2 fully saturated rings. The fourth-order valence-electron chi connectivity index (χ4n) is 2.78. The predicted molar refractivity (Wildman–Crippen MR) is 66.3 cm³/mol. The second-order valence-corrected chi connectivity index (χ2v) is 6.40. The lowest BCUT2D eigenvalue weighted by Gasteiger charge is -2.25. The fraction of sp³-hybridized carbons (Fsp3) is 0.923. The molecular formula is C13H22OS. The summed E-state index contributed by atoms with van der Waals surface area (Å²) in [4.78, 5) is 12.1. The van der Waals surface area contributed by atoms with Crippen molar-refractivity contribution in [2.75, 3.05) is 5.75 Å². The number of hydrogen-bond donors (Lipinski definition) is 0. The van der Waals surface area contributed by atoms with Crippen molar-refractivity contribution in [1.29, 1.82) is 0 Å². The van der Waals surface area contributed by atoms with Gasteiger partial charge in [-0.15, -0.1) is 0 Å². The lowest BCUT2D eigenvalue weighted by Crippen LogP contribution is -2.22. The molecule has 1 unspecified atom stereocenters. The number of thioether (sulfide) groups is 1. The molecule has 0 spiro atoms. The second-order valence-electron chi connectivity index (χ2n) is 4.99. The first-order valence-electron chi connectivity index (χ1n) is 6.50. The summed E-state index contributed by atoms with van der Waals surface area (Å²) in [6, 6.07) is 0. The van der Waals surface area contributed by atoms with Gasteiger partial charge in [0.1, 0.15) is 5.78 Å². The minimum Gasteiger partial charge on any atom is -0.299 e. The minimum absolute atomic E-state index is 0.432. The van der Waals surface area contributed by atoms with E-state index in [0.29, 0.717) is 17.0 Å². The summed E-state index contributed by atoms with van der Waals surface area (Å²) in [6.07, 6.45) is 11.1. The van der Waals surface area contributed by atoms with Gasteiger partial charge in [-0.25, -0.2) is 0 Å². The average molecular weight is 226 g/mol. The SMILES string of the molecule is O=C(CC1CCCCS1)C1CCCCC1. The van der Waals surface area contributed by atoms with Gasteiger partial charge in [-0.1, -0.05) is 25.7 Å². The zero-order valence-electron chi connectivity index (χ0n) is 9.54. The molecule has 0 N–H and O–H groups in total. The van der Waals surface area contributed by atoms with Gasteiger partial charge in [-0.3, -0.25) is 4.79 Å². The maximum Gasteiger partial charge on any atom is 0.137 e. The second kappa shape index (κ2) is 5.93. The summed E-state index contributed by atoms with van der Waals surface area (Å²) in [5.41, 5.74) is 0. The summed E-state index contributed by atoms with van der Waals surface area (Å²) in [7, 11) is 0. The van der Waals surface area contributed by atoms with Gasteiger partial charge in [0, 0.05) is 17.6 Å². The van der Waals surface area contributed by atoms with Crippen LogP contribution in [0.25, 0.3) is 0 Å². The Hall–Kier alpha value is 0.0200. The molecule has 0 bridgehead atoms. The molecule has 1 heterocycles. The molecule has 1 aliphatic carbocycles. The molecule has 86 valence electrons. The van der Waals surface area contributed by atoms with Crippen LogP contribution in [0.5, 0.6) is 0 Å². The van der Waals surface area contributed by atoms with Gasteiger partial charge in [0.05, 0.1) is 0 Å². The first-order chi connectivity index (χ1) is 7.36. The molecule has 1 aliphatic heterocycles. The Labute approximate surface area is 97.4 Å². The highest BCUT2D eigenvalue weighted by Crippen LogP contribution is 2.31. The third-order valence-electron chi connectivity index (χ3n) is 3.76. The van der Waals surface area contributed by atoms with Gasteiger partial charge in [0.2, 0.25) is 0 Å². The van der Waals surface area contributed by atoms with Crippen LogP contribution in [0.1, 0.15) is 57.8 Å². The molecule has 2 rings (SSSR count). The van der Waals surface area contributed by atoms with E-state index in [1.807, 2.05) is 11.8 Å². The summed E-state index contributed by atoms with van der Waals surface area (Å²) in [5.74, 6) is 2.29. The molecule has 2 aliphatic rings. The average Bonchev–Trinajstić information content (AvgIpc) is 2.31. The lowest BCUT2D eigenvalue weighted by molar-refractivity contribution is -0.123. The zero-order chi connectivity index (χ0) is 10.5. The summed E-state index contributed by atoms with van der Waals surface area (Å²) >= 11 is 2.03. The maximum atomic E-state index is 12.1. The fourth-order valence-corrected chi connectivity index (χ4v) is 4.10. The van der Waals surface area contributed by atoms with Crippen molar-refractivity contribution in [3.63, 3.8) is 0 Å². The zero-order valence-corrected chi connectivity index (χ0v) is 10.4. The van der Waals surface area contributed by atoms with Crippen LogP contribution < -0.4 is 0 Å². The number of ketones is 1. The predicted octanol–water partition coefficient (Wildman–Crippen LogP) is 3.81. The number of rotatable bonds is 3. The Morgan fingerprint density at radius 1 is 1.00 bits per heavy atom. The van der Waals surface area contributed by atoms with E-state index in [-0.39, 0.29) is 0 Å². The van der Waals surface area contributed by atoms with Crippen molar-refractivity contribution in [2.45, 2.75) is 63.0 Å². The smallest absolute Gasteiger partial charge is 0.137 e. The quantitative estimate of drug-likeness (QED) is 0.728. The topological polar surface area (TPSA) is 17.1 Å². The Morgan fingerprint density at radius 3 is 2.40 bits per heavy atom. The van der Waals surface area contributed by atoms with Gasteiger partial charge in [-0.05, 0) is 31.4 Å². The van der Waals surface area contributed by atoms with Crippen molar-refractivity contribution in [1.82, 2.24) is 0 Å². The molecule has 0 aromatic heterocycles. The first-order valence-corrected chi connectivity index (χ1v) is 7.55. The van der Waals surface area contributed by atoms with Crippen LogP contribution in [0.4, 0.5) is 0 Å². The highest BCUT2D eigenvalue weighted by Gasteiger charge is 2.24. The van der Waals surface area contributed by atoms with Crippen LogP contribution in [-0.2, 0) is 4.79 Å². The molecule has 2 heteroatoms. The maximum absolute atomic E-state index is 12.1. The summed E-state index contributed by atoms with van der Waals surface area (Å²) in [5, 5.41) is 0.660. The van der Waals surface area contributed by atoms with Gasteiger partial charge in [0.25, 0.3) is 0 Å². The van der Waals surface area contributed by atoms with Crippen molar-refractivity contribution in [3.8, 4) is 0 Å². The number of Topliss-reactive ketones (excluding diaryl/α,β-unsaturated/α-hetero) is 1. The number of hydrogen-bond acceptors (Lipinski definition) is 2. The highest BCUT2D eigenvalue weighted by atomic mass is 32.2. The van der Waals surface area contributed by atoms with E-state index in [1.54, 1.807) is 0 Å². The third kappa shape index (κ3) is 3.51.